The third-order valence-corrected chi connectivity index (χ3v) is 6.92. The highest BCUT2D eigenvalue weighted by atomic mass is 16.2. The molecule has 1 amide bonds. The smallest absolute Gasteiger partial charge is 0.273 e. The first-order valence-corrected chi connectivity index (χ1v) is 11.6. The summed E-state index contributed by atoms with van der Waals surface area (Å²) in [6, 6.07) is 9.42. The standard InChI is InChI=1S/C24H30N6O2/c1-16(2)28-12-8-17(9-13-28)19-15-23(31)30-22(26-19)14-20(27-30)21-7-5-11-29(21)24(32)18-6-3-4-10-25-18/h3-4,6,10,14-17,21,27H,5,7-9,11-13H2,1-2H3/t21-/m1/s1. The largest absolute Gasteiger partial charge is 0.329 e. The number of carbonyl (C=O) groups excluding carboxylic acids is 1. The molecule has 8 heteroatoms. The lowest BCUT2D eigenvalue weighted by Crippen LogP contribution is -2.38. The molecule has 2 aliphatic rings. The molecule has 0 bridgehead atoms. The zero-order valence-corrected chi connectivity index (χ0v) is 18.7. The number of pyridine rings is 1. The fourth-order valence-electron chi connectivity index (χ4n) is 5.09. The van der Waals surface area contributed by atoms with E-state index < -0.39 is 0 Å². The predicted octanol–water partition coefficient (Wildman–Crippen LogP) is 2.98. The summed E-state index contributed by atoms with van der Waals surface area (Å²) >= 11 is 0. The Balaban J connectivity index is 1.40. The number of fused-ring (bicyclic) bond motifs is 1. The molecule has 0 aliphatic carbocycles. The molecular formula is C24H30N6O2. The van der Waals surface area contributed by atoms with Gasteiger partial charge in [-0.2, -0.15) is 0 Å². The van der Waals surface area contributed by atoms with E-state index in [2.05, 4.69) is 28.8 Å². The highest BCUT2D eigenvalue weighted by Gasteiger charge is 2.33. The van der Waals surface area contributed by atoms with Crippen LogP contribution < -0.4 is 5.56 Å². The fraction of sp³-hybridized carbons (Fsp3) is 0.500. The van der Waals surface area contributed by atoms with Crippen LogP contribution in [0.3, 0.4) is 0 Å². The highest BCUT2D eigenvalue weighted by molar-refractivity contribution is 5.92. The second-order valence-corrected chi connectivity index (χ2v) is 9.20. The normalized spacial score (nSPS) is 20.5. The SMILES string of the molecule is CC(C)N1CCC(c2cc(=O)n3[nH]c([C@H]4CCCN4C(=O)c4ccccn4)cc3n2)CC1. The molecule has 2 fully saturated rings. The van der Waals surface area contributed by atoms with Crippen LogP contribution in [-0.4, -0.2) is 61.0 Å². The molecule has 0 spiro atoms. The molecule has 3 aromatic rings. The lowest BCUT2D eigenvalue weighted by atomic mass is 9.92. The lowest BCUT2D eigenvalue weighted by molar-refractivity contribution is 0.0726. The van der Waals surface area contributed by atoms with Crippen LogP contribution in [0.25, 0.3) is 5.65 Å². The maximum absolute atomic E-state index is 13.0. The summed E-state index contributed by atoms with van der Waals surface area (Å²) in [5, 5.41) is 3.21. The summed E-state index contributed by atoms with van der Waals surface area (Å²) < 4.78 is 1.50. The second-order valence-electron chi connectivity index (χ2n) is 9.20. The number of hydrogen-bond acceptors (Lipinski definition) is 5. The zero-order valence-electron chi connectivity index (χ0n) is 18.7. The molecule has 0 aromatic carbocycles. The van der Waals surface area contributed by atoms with Crippen molar-refractivity contribution in [2.75, 3.05) is 19.6 Å². The van der Waals surface area contributed by atoms with Gasteiger partial charge in [0.2, 0.25) is 0 Å². The predicted molar refractivity (Wildman–Crippen MR) is 122 cm³/mol. The number of aromatic nitrogens is 4. The first kappa shape index (κ1) is 20.9. The van der Waals surface area contributed by atoms with E-state index in [9.17, 15) is 9.59 Å². The number of H-pyrrole nitrogens is 1. The van der Waals surface area contributed by atoms with Gasteiger partial charge in [-0.05, 0) is 64.8 Å². The van der Waals surface area contributed by atoms with Crippen molar-refractivity contribution < 1.29 is 4.79 Å². The number of nitrogens with one attached hydrogen (secondary N) is 1. The third-order valence-electron chi connectivity index (χ3n) is 6.92. The Morgan fingerprint density at radius 1 is 1.12 bits per heavy atom. The molecular weight excluding hydrogens is 404 g/mol. The fourth-order valence-corrected chi connectivity index (χ4v) is 5.09. The number of carbonyl (C=O) groups is 1. The van der Waals surface area contributed by atoms with Gasteiger partial charge in [0.25, 0.3) is 11.5 Å². The number of hydrogen-bond donors (Lipinski definition) is 1. The van der Waals surface area contributed by atoms with Gasteiger partial charge in [0, 0.05) is 36.8 Å². The minimum absolute atomic E-state index is 0.0790. The minimum Gasteiger partial charge on any atom is -0.329 e. The van der Waals surface area contributed by atoms with E-state index in [1.807, 2.05) is 17.0 Å². The molecule has 0 radical (unpaired) electrons. The lowest BCUT2D eigenvalue weighted by Gasteiger charge is -2.34. The number of rotatable bonds is 4. The molecule has 168 valence electrons. The summed E-state index contributed by atoms with van der Waals surface area (Å²) in [6.07, 6.45) is 5.44. The maximum atomic E-state index is 13.0. The summed E-state index contributed by atoms with van der Waals surface area (Å²) in [7, 11) is 0. The quantitative estimate of drug-likeness (QED) is 0.682. The van der Waals surface area contributed by atoms with Crippen molar-refractivity contribution >= 4 is 11.6 Å². The van der Waals surface area contributed by atoms with Crippen LogP contribution in [0.1, 0.15) is 73.4 Å². The molecule has 5 rings (SSSR count). The van der Waals surface area contributed by atoms with Gasteiger partial charge in [-0.15, -0.1) is 0 Å². The molecule has 0 unspecified atom stereocenters. The van der Waals surface area contributed by atoms with E-state index in [4.69, 9.17) is 4.98 Å². The molecule has 8 nitrogen and oxygen atoms in total. The molecule has 3 aromatic heterocycles. The average molecular weight is 435 g/mol. The third kappa shape index (κ3) is 3.83. The van der Waals surface area contributed by atoms with Gasteiger partial charge in [0.1, 0.15) is 5.69 Å². The van der Waals surface area contributed by atoms with Crippen LogP contribution in [0.5, 0.6) is 0 Å². The van der Waals surface area contributed by atoms with Crippen molar-refractivity contribution in [3.63, 3.8) is 0 Å². The number of nitrogens with zero attached hydrogens (tertiary/aromatic N) is 5. The Morgan fingerprint density at radius 2 is 1.94 bits per heavy atom. The summed E-state index contributed by atoms with van der Waals surface area (Å²) in [4.78, 5) is 39.3. The van der Waals surface area contributed by atoms with E-state index >= 15 is 0 Å². The highest BCUT2D eigenvalue weighted by Crippen LogP contribution is 2.33. The summed E-state index contributed by atoms with van der Waals surface area (Å²) in [5.74, 6) is 0.236. The van der Waals surface area contributed by atoms with Crippen LogP contribution in [0.15, 0.2) is 41.3 Å². The molecule has 1 N–H and O–H groups in total. The summed E-state index contributed by atoms with van der Waals surface area (Å²) in [5.41, 5.74) is 2.72. The Bertz CT molecular complexity index is 1160. The van der Waals surface area contributed by atoms with Gasteiger partial charge in [0.15, 0.2) is 5.65 Å². The van der Waals surface area contributed by atoms with Gasteiger partial charge in [0.05, 0.1) is 17.4 Å². The first-order chi connectivity index (χ1) is 15.5. The van der Waals surface area contributed by atoms with E-state index in [0.717, 1.165) is 50.2 Å². The Morgan fingerprint density at radius 3 is 2.66 bits per heavy atom. The van der Waals surface area contributed by atoms with Crippen LogP contribution in [0.2, 0.25) is 0 Å². The minimum atomic E-state index is -0.108. The molecule has 2 saturated heterocycles. The van der Waals surface area contributed by atoms with Crippen molar-refractivity contribution in [2.24, 2.45) is 0 Å². The molecule has 1 atom stereocenters. The van der Waals surface area contributed by atoms with E-state index in [-0.39, 0.29) is 17.5 Å². The average Bonchev–Trinajstić information content (AvgIpc) is 3.46. The topological polar surface area (TPSA) is 86.6 Å². The Labute approximate surface area is 187 Å². The van der Waals surface area contributed by atoms with Gasteiger partial charge < -0.3 is 9.80 Å². The van der Waals surface area contributed by atoms with Gasteiger partial charge in [-0.25, -0.2) is 9.50 Å². The number of piperidine rings is 1. The van der Waals surface area contributed by atoms with E-state index in [1.165, 1.54) is 4.52 Å². The van der Waals surface area contributed by atoms with Crippen molar-refractivity contribution in [3.05, 3.63) is 64.0 Å². The monoisotopic (exact) mass is 434 g/mol. The van der Waals surface area contributed by atoms with Crippen LogP contribution in [0.4, 0.5) is 0 Å². The number of likely N-dealkylation sites (tertiary alicyclic amines) is 2. The molecule has 2 aliphatic heterocycles. The molecule has 0 saturated carbocycles. The van der Waals surface area contributed by atoms with Crippen LogP contribution >= 0.6 is 0 Å². The Hall–Kier alpha value is -3.00. The van der Waals surface area contributed by atoms with E-state index in [1.54, 1.807) is 24.4 Å². The van der Waals surface area contributed by atoms with Crippen LogP contribution in [0, 0.1) is 0 Å². The van der Waals surface area contributed by atoms with Crippen molar-refractivity contribution in [1.29, 1.82) is 0 Å². The number of amides is 1. The van der Waals surface area contributed by atoms with Crippen LogP contribution in [-0.2, 0) is 0 Å². The zero-order chi connectivity index (χ0) is 22.2. The van der Waals surface area contributed by atoms with Gasteiger partial charge in [-0.1, -0.05) is 6.07 Å². The number of aromatic amines is 1. The van der Waals surface area contributed by atoms with Crippen molar-refractivity contribution in [3.8, 4) is 0 Å². The Kier molecular flexibility index (Phi) is 5.55. The first-order valence-electron chi connectivity index (χ1n) is 11.6. The van der Waals surface area contributed by atoms with Gasteiger partial charge in [-0.3, -0.25) is 19.7 Å². The maximum Gasteiger partial charge on any atom is 0.273 e. The second kappa shape index (κ2) is 8.50. The van der Waals surface area contributed by atoms with Crippen molar-refractivity contribution in [2.45, 2.75) is 57.5 Å². The van der Waals surface area contributed by atoms with E-state index in [0.29, 0.717) is 29.8 Å². The summed E-state index contributed by atoms with van der Waals surface area (Å²) in [6.45, 7) is 7.20. The molecule has 5 heterocycles. The van der Waals surface area contributed by atoms with Gasteiger partial charge >= 0.3 is 0 Å². The molecule has 32 heavy (non-hydrogen) atoms. The van der Waals surface area contributed by atoms with Crippen molar-refractivity contribution in [1.82, 2.24) is 29.4 Å².